The van der Waals surface area contributed by atoms with Crippen LogP contribution in [-0.2, 0) is 23.7 Å². The van der Waals surface area contributed by atoms with E-state index in [1.54, 1.807) is 5.06 Å². The van der Waals surface area contributed by atoms with Crippen LogP contribution in [0.25, 0.3) is 0 Å². The molecular weight excluding hydrogens is 321 g/mol. The number of methoxy groups -OCH3 is 1. The number of carbonyl (C=O) groups excluding carboxylic acids is 1. The first-order valence-corrected chi connectivity index (χ1v) is 8.56. The van der Waals surface area contributed by atoms with Gasteiger partial charge in [-0.15, -0.1) is 0 Å². The van der Waals surface area contributed by atoms with Crippen LogP contribution in [0.1, 0.15) is 39.3 Å². The highest BCUT2D eigenvalue weighted by atomic mass is 16.7. The molecule has 1 aromatic carbocycles. The lowest BCUT2D eigenvalue weighted by Gasteiger charge is -2.32. The lowest BCUT2D eigenvalue weighted by molar-refractivity contribution is -0.179. The third kappa shape index (κ3) is 3.10. The maximum Gasteiger partial charge on any atom is 0.466 e. The van der Waals surface area contributed by atoms with Crippen molar-refractivity contribution in [2.24, 2.45) is 0 Å². The normalized spacial score (nSPS) is 31.3. The molecule has 2 aliphatic heterocycles. The van der Waals surface area contributed by atoms with E-state index in [2.05, 4.69) is 0 Å². The Balaban J connectivity index is 1.99. The molecule has 0 aliphatic carbocycles. The molecule has 0 saturated carbocycles. The van der Waals surface area contributed by atoms with Gasteiger partial charge in [0, 0.05) is 7.05 Å². The SMILES string of the molecule is COC(=O)[C@@H]1ON(C)C(c2ccccc2)[C@H]1B1OC(C)(C)C(C)(C)O1. The molecule has 7 heteroatoms. The van der Waals surface area contributed by atoms with Gasteiger partial charge in [0.1, 0.15) is 0 Å². The minimum absolute atomic E-state index is 0.181. The Hall–Kier alpha value is -1.41. The summed E-state index contributed by atoms with van der Waals surface area (Å²) in [6.45, 7) is 7.99. The second kappa shape index (κ2) is 6.39. The Kier molecular flexibility index (Phi) is 4.70. The predicted octanol–water partition coefficient (Wildman–Crippen LogP) is 2.61. The molecule has 0 amide bonds. The highest BCUT2D eigenvalue weighted by Gasteiger charge is 2.61. The summed E-state index contributed by atoms with van der Waals surface area (Å²) in [6, 6.07) is 9.75. The third-order valence-electron chi connectivity index (χ3n) is 5.55. The van der Waals surface area contributed by atoms with Gasteiger partial charge in [0.25, 0.3) is 0 Å². The number of carbonyl (C=O) groups is 1. The highest BCUT2D eigenvalue weighted by Crippen LogP contribution is 2.50. The first-order chi connectivity index (χ1) is 11.7. The van der Waals surface area contributed by atoms with Crippen LogP contribution < -0.4 is 0 Å². The van der Waals surface area contributed by atoms with Crippen molar-refractivity contribution in [3.63, 3.8) is 0 Å². The Morgan fingerprint density at radius 3 is 2.20 bits per heavy atom. The zero-order valence-corrected chi connectivity index (χ0v) is 15.7. The van der Waals surface area contributed by atoms with E-state index in [1.807, 2.05) is 65.1 Å². The number of hydroxylamine groups is 2. The maximum atomic E-state index is 12.3. The van der Waals surface area contributed by atoms with Crippen molar-refractivity contribution in [2.45, 2.75) is 56.9 Å². The van der Waals surface area contributed by atoms with Crippen molar-refractivity contribution in [3.05, 3.63) is 35.9 Å². The van der Waals surface area contributed by atoms with Crippen LogP contribution in [0.4, 0.5) is 0 Å². The average molecular weight is 347 g/mol. The second-order valence-corrected chi connectivity index (χ2v) is 7.65. The molecule has 2 heterocycles. The van der Waals surface area contributed by atoms with E-state index in [4.69, 9.17) is 18.9 Å². The molecule has 136 valence electrons. The molecule has 3 atom stereocenters. The quantitative estimate of drug-likeness (QED) is 0.619. The van der Waals surface area contributed by atoms with Crippen LogP contribution in [0.3, 0.4) is 0 Å². The minimum atomic E-state index is -0.782. The van der Waals surface area contributed by atoms with Crippen molar-refractivity contribution >= 4 is 13.1 Å². The molecule has 6 nitrogen and oxygen atoms in total. The number of rotatable bonds is 3. The average Bonchev–Trinajstić information content (AvgIpc) is 3.01. The predicted molar refractivity (Wildman–Crippen MR) is 93.7 cm³/mol. The summed E-state index contributed by atoms with van der Waals surface area (Å²) in [7, 11) is 2.60. The summed E-state index contributed by atoms with van der Waals surface area (Å²) in [5.74, 6) is -0.772. The number of hydrogen-bond acceptors (Lipinski definition) is 6. The molecule has 2 fully saturated rings. The molecule has 2 aliphatic rings. The van der Waals surface area contributed by atoms with Crippen LogP contribution in [-0.4, -0.2) is 49.6 Å². The van der Waals surface area contributed by atoms with Gasteiger partial charge < -0.3 is 14.0 Å². The summed E-state index contributed by atoms with van der Waals surface area (Å²) >= 11 is 0. The first kappa shape index (κ1) is 18.4. The topological polar surface area (TPSA) is 57.2 Å². The van der Waals surface area contributed by atoms with Crippen LogP contribution in [0.15, 0.2) is 30.3 Å². The van der Waals surface area contributed by atoms with Gasteiger partial charge in [0.2, 0.25) is 0 Å². The third-order valence-corrected chi connectivity index (χ3v) is 5.55. The van der Waals surface area contributed by atoms with Crippen LogP contribution in [0.2, 0.25) is 5.82 Å². The van der Waals surface area contributed by atoms with Gasteiger partial charge in [-0.05, 0) is 33.3 Å². The minimum Gasteiger partial charge on any atom is -0.467 e. The van der Waals surface area contributed by atoms with E-state index in [0.717, 1.165) is 5.56 Å². The second-order valence-electron chi connectivity index (χ2n) is 7.65. The molecule has 0 N–H and O–H groups in total. The summed E-state index contributed by atoms with van der Waals surface area (Å²) in [5.41, 5.74) is 0.0673. The molecule has 3 rings (SSSR count). The van der Waals surface area contributed by atoms with E-state index in [0.29, 0.717) is 0 Å². The van der Waals surface area contributed by atoms with Crippen molar-refractivity contribution < 1.29 is 23.7 Å². The number of benzene rings is 1. The van der Waals surface area contributed by atoms with Gasteiger partial charge in [-0.1, -0.05) is 30.3 Å². The zero-order valence-electron chi connectivity index (χ0n) is 15.7. The lowest BCUT2D eigenvalue weighted by atomic mass is 9.63. The van der Waals surface area contributed by atoms with Crippen molar-refractivity contribution in [1.29, 1.82) is 0 Å². The van der Waals surface area contributed by atoms with E-state index >= 15 is 0 Å². The monoisotopic (exact) mass is 347 g/mol. The Morgan fingerprint density at radius 1 is 1.12 bits per heavy atom. The van der Waals surface area contributed by atoms with E-state index in [1.165, 1.54) is 7.11 Å². The number of esters is 1. The Morgan fingerprint density at radius 2 is 1.68 bits per heavy atom. The van der Waals surface area contributed by atoms with Crippen LogP contribution in [0, 0.1) is 0 Å². The molecule has 0 radical (unpaired) electrons. The molecule has 25 heavy (non-hydrogen) atoms. The van der Waals surface area contributed by atoms with Gasteiger partial charge in [0.15, 0.2) is 6.10 Å². The van der Waals surface area contributed by atoms with E-state index < -0.39 is 30.4 Å². The smallest absolute Gasteiger partial charge is 0.466 e. The van der Waals surface area contributed by atoms with Gasteiger partial charge in [-0.25, -0.2) is 4.79 Å². The van der Waals surface area contributed by atoms with Gasteiger partial charge in [-0.2, -0.15) is 5.06 Å². The van der Waals surface area contributed by atoms with Gasteiger partial charge in [-0.3, -0.25) is 4.84 Å². The first-order valence-electron chi connectivity index (χ1n) is 8.56. The zero-order chi connectivity index (χ0) is 18.4. The summed E-state index contributed by atoms with van der Waals surface area (Å²) in [5, 5.41) is 1.70. The molecular formula is C18H26BNO5. The fourth-order valence-corrected chi connectivity index (χ4v) is 3.46. The summed E-state index contributed by atoms with van der Waals surface area (Å²) in [6.07, 6.45) is -0.782. The standard InChI is InChI=1S/C18H26BNO5/c1-17(2)18(3,4)25-19(24-17)13-14(12-10-8-7-9-11-12)20(5)23-15(13)16(21)22-6/h7-11,13-15H,1-6H3/t13-,14?,15-/m1/s1. The molecule has 2 saturated heterocycles. The fraction of sp³-hybridized carbons (Fsp3) is 0.611. The summed E-state index contributed by atoms with van der Waals surface area (Å²) in [4.78, 5) is 18.2. The van der Waals surface area contributed by atoms with Crippen molar-refractivity contribution in [2.75, 3.05) is 14.2 Å². The summed E-state index contributed by atoms with van der Waals surface area (Å²) < 4.78 is 17.4. The largest absolute Gasteiger partial charge is 0.467 e. The molecule has 0 spiro atoms. The Labute approximate surface area is 149 Å². The number of nitrogens with zero attached hydrogens (tertiary/aromatic N) is 1. The number of hydrogen-bond donors (Lipinski definition) is 0. The lowest BCUT2D eigenvalue weighted by Crippen LogP contribution is -2.41. The van der Waals surface area contributed by atoms with Gasteiger partial charge >= 0.3 is 13.1 Å². The molecule has 1 unspecified atom stereocenters. The van der Waals surface area contributed by atoms with Crippen molar-refractivity contribution in [3.8, 4) is 0 Å². The van der Waals surface area contributed by atoms with E-state index in [-0.39, 0.29) is 11.9 Å². The van der Waals surface area contributed by atoms with Crippen LogP contribution in [0.5, 0.6) is 0 Å². The Bertz CT molecular complexity index is 620. The van der Waals surface area contributed by atoms with Crippen molar-refractivity contribution in [1.82, 2.24) is 5.06 Å². The highest BCUT2D eigenvalue weighted by molar-refractivity contribution is 6.48. The maximum absolute atomic E-state index is 12.3. The van der Waals surface area contributed by atoms with E-state index in [9.17, 15) is 4.79 Å². The molecule has 1 aromatic rings. The molecule has 0 bridgehead atoms. The fourth-order valence-electron chi connectivity index (χ4n) is 3.46. The molecule has 0 aromatic heterocycles. The number of ether oxygens (including phenoxy) is 1. The van der Waals surface area contributed by atoms with Gasteiger partial charge in [0.05, 0.1) is 30.2 Å². The van der Waals surface area contributed by atoms with Crippen LogP contribution >= 0.6 is 0 Å².